The summed E-state index contributed by atoms with van der Waals surface area (Å²) in [4.78, 5) is 33.4. The van der Waals surface area contributed by atoms with Gasteiger partial charge in [0.15, 0.2) is 5.78 Å². The number of aromatic nitrogens is 2. The van der Waals surface area contributed by atoms with Crippen molar-refractivity contribution in [3.63, 3.8) is 0 Å². The summed E-state index contributed by atoms with van der Waals surface area (Å²) >= 11 is 0. The molecule has 0 fully saturated rings. The molecule has 0 spiro atoms. The molecule has 2 aromatic carbocycles. The molecule has 0 unspecified atom stereocenters. The highest BCUT2D eigenvalue weighted by atomic mass is 16.1. The molecule has 0 aliphatic carbocycles. The fraction of sp³-hybridized carbons (Fsp3) is 0.222. The molecule has 5 heteroatoms. The highest BCUT2D eigenvalue weighted by Gasteiger charge is 2.18. The predicted molar refractivity (Wildman–Crippen MR) is 128 cm³/mol. The van der Waals surface area contributed by atoms with Crippen LogP contribution < -0.4 is 5.43 Å². The summed E-state index contributed by atoms with van der Waals surface area (Å²) in [5.41, 5.74) is 5.24. The molecule has 0 amide bonds. The van der Waals surface area contributed by atoms with Crippen LogP contribution in [0.15, 0.2) is 71.7 Å². The molecule has 0 aliphatic rings. The first-order chi connectivity index (χ1) is 15.3. The number of para-hydroxylation sites is 1. The van der Waals surface area contributed by atoms with E-state index < -0.39 is 0 Å². The van der Waals surface area contributed by atoms with Crippen LogP contribution in [0.4, 0.5) is 0 Å². The predicted octanol–water partition coefficient (Wildman–Crippen LogP) is 4.35. The van der Waals surface area contributed by atoms with E-state index in [0.29, 0.717) is 17.5 Å². The van der Waals surface area contributed by atoms with Gasteiger partial charge in [0.1, 0.15) is 0 Å². The molecule has 4 rings (SSSR count). The van der Waals surface area contributed by atoms with Gasteiger partial charge in [-0.3, -0.25) is 14.6 Å². The van der Waals surface area contributed by atoms with Crippen LogP contribution in [0.1, 0.15) is 38.4 Å². The Morgan fingerprint density at radius 1 is 0.938 bits per heavy atom. The Bertz CT molecular complexity index is 1370. The SMILES string of the molecule is Cc1ccc(C(=O)c2cn(Cc3cccc(CN(C)C)n3)c3ccccc3c2=O)cc1C. The van der Waals surface area contributed by atoms with Gasteiger partial charge in [-0.15, -0.1) is 0 Å². The van der Waals surface area contributed by atoms with E-state index in [0.717, 1.165) is 34.6 Å². The van der Waals surface area contributed by atoms with Gasteiger partial charge in [0.25, 0.3) is 0 Å². The van der Waals surface area contributed by atoms with Crippen molar-refractivity contribution in [3.8, 4) is 0 Å². The van der Waals surface area contributed by atoms with Crippen molar-refractivity contribution < 1.29 is 4.79 Å². The normalized spacial score (nSPS) is 11.3. The Hall–Kier alpha value is -3.57. The van der Waals surface area contributed by atoms with Crippen LogP contribution >= 0.6 is 0 Å². The monoisotopic (exact) mass is 425 g/mol. The Balaban J connectivity index is 1.81. The largest absolute Gasteiger partial charge is 0.340 e. The zero-order valence-electron chi connectivity index (χ0n) is 18.9. The van der Waals surface area contributed by atoms with Gasteiger partial charge in [-0.05, 0) is 69.4 Å². The van der Waals surface area contributed by atoms with Gasteiger partial charge in [-0.2, -0.15) is 0 Å². The van der Waals surface area contributed by atoms with Crippen molar-refractivity contribution >= 4 is 16.7 Å². The fourth-order valence-electron chi connectivity index (χ4n) is 3.88. The van der Waals surface area contributed by atoms with Gasteiger partial charge >= 0.3 is 0 Å². The second kappa shape index (κ2) is 8.89. The van der Waals surface area contributed by atoms with Crippen molar-refractivity contribution in [1.82, 2.24) is 14.5 Å². The van der Waals surface area contributed by atoms with Gasteiger partial charge in [-0.25, -0.2) is 0 Å². The Labute approximate surface area is 188 Å². The standard InChI is InChI=1S/C27H27N3O2/c1-18-12-13-20(14-19(18)2)26(31)24-17-30(25-11-6-5-10-23(25)27(24)32)16-22-9-7-8-21(28-22)15-29(3)4/h5-14,17H,15-16H2,1-4H3. The number of ketones is 1. The average Bonchev–Trinajstić information content (AvgIpc) is 2.77. The number of rotatable bonds is 6. The zero-order valence-corrected chi connectivity index (χ0v) is 18.9. The molecule has 5 nitrogen and oxygen atoms in total. The van der Waals surface area contributed by atoms with E-state index in [9.17, 15) is 9.59 Å². The third-order valence-corrected chi connectivity index (χ3v) is 5.68. The molecule has 0 saturated heterocycles. The second-order valence-electron chi connectivity index (χ2n) is 8.50. The van der Waals surface area contributed by atoms with Gasteiger partial charge in [0.2, 0.25) is 5.43 Å². The first-order valence-electron chi connectivity index (χ1n) is 10.7. The zero-order chi connectivity index (χ0) is 22.8. The summed E-state index contributed by atoms with van der Waals surface area (Å²) in [6.07, 6.45) is 1.68. The van der Waals surface area contributed by atoms with Crippen LogP contribution in [0.25, 0.3) is 10.9 Å². The van der Waals surface area contributed by atoms with Crippen molar-refractivity contribution in [3.05, 3.63) is 111 Å². The molecule has 0 radical (unpaired) electrons. The minimum Gasteiger partial charge on any atom is -0.340 e. The van der Waals surface area contributed by atoms with Crippen LogP contribution in [-0.2, 0) is 13.1 Å². The van der Waals surface area contributed by atoms with Crippen LogP contribution in [0.3, 0.4) is 0 Å². The maximum atomic E-state index is 13.3. The van der Waals surface area contributed by atoms with Gasteiger partial charge in [-0.1, -0.05) is 30.3 Å². The lowest BCUT2D eigenvalue weighted by atomic mass is 9.99. The van der Waals surface area contributed by atoms with Crippen molar-refractivity contribution in [2.45, 2.75) is 26.9 Å². The summed E-state index contributed by atoms with van der Waals surface area (Å²) < 4.78 is 1.95. The molecule has 32 heavy (non-hydrogen) atoms. The molecule has 0 saturated carbocycles. The Morgan fingerprint density at radius 2 is 1.69 bits per heavy atom. The van der Waals surface area contributed by atoms with Crippen molar-refractivity contribution in [1.29, 1.82) is 0 Å². The maximum absolute atomic E-state index is 13.3. The topological polar surface area (TPSA) is 55.2 Å². The molecular formula is C27H27N3O2. The summed E-state index contributed by atoms with van der Waals surface area (Å²) in [6.45, 7) is 5.19. The number of hydrogen-bond acceptors (Lipinski definition) is 4. The van der Waals surface area contributed by atoms with E-state index in [4.69, 9.17) is 4.98 Å². The van der Waals surface area contributed by atoms with Crippen LogP contribution in [0.5, 0.6) is 0 Å². The minimum atomic E-state index is -0.257. The maximum Gasteiger partial charge on any atom is 0.200 e. The van der Waals surface area contributed by atoms with Crippen LogP contribution in [0, 0.1) is 13.8 Å². The number of aryl methyl sites for hydroxylation is 2. The lowest BCUT2D eigenvalue weighted by Gasteiger charge is -2.15. The molecule has 4 aromatic rings. The third kappa shape index (κ3) is 4.39. The average molecular weight is 426 g/mol. The second-order valence-corrected chi connectivity index (χ2v) is 8.50. The van der Waals surface area contributed by atoms with E-state index >= 15 is 0 Å². The number of hydrogen-bond donors (Lipinski definition) is 0. The van der Waals surface area contributed by atoms with Crippen molar-refractivity contribution in [2.75, 3.05) is 14.1 Å². The number of carbonyl (C=O) groups is 1. The lowest BCUT2D eigenvalue weighted by molar-refractivity contribution is 0.103. The highest BCUT2D eigenvalue weighted by Crippen LogP contribution is 2.18. The summed E-state index contributed by atoms with van der Waals surface area (Å²) in [7, 11) is 4.02. The first kappa shape index (κ1) is 21.7. The Morgan fingerprint density at radius 3 is 2.44 bits per heavy atom. The number of benzene rings is 2. The number of nitrogens with zero attached hydrogens (tertiary/aromatic N) is 3. The minimum absolute atomic E-state index is 0.177. The van der Waals surface area contributed by atoms with E-state index in [2.05, 4.69) is 4.90 Å². The number of fused-ring (bicyclic) bond motifs is 1. The summed E-state index contributed by atoms with van der Waals surface area (Å²) in [6, 6.07) is 18.9. The fourth-order valence-corrected chi connectivity index (χ4v) is 3.88. The summed E-state index contributed by atoms with van der Waals surface area (Å²) in [5.74, 6) is -0.257. The molecule has 2 heterocycles. The van der Waals surface area contributed by atoms with E-state index in [1.807, 2.05) is 81.0 Å². The van der Waals surface area contributed by atoms with E-state index in [1.165, 1.54) is 0 Å². The van der Waals surface area contributed by atoms with Gasteiger partial charge < -0.3 is 9.47 Å². The van der Waals surface area contributed by atoms with Crippen LogP contribution in [0.2, 0.25) is 0 Å². The molecule has 0 aliphatic heterocycles. The molecule has 2 aromatic heterocycles. The summed E-state index contributed by atoms with van der Waals surface area (Å²) in [5, 5.41) is 0.534. The molecule has 0 bridgehead atoms. The third-order valence-electron chi connectivity index (χ3n) is 5.68. The molecule has 0 atom stereocenters. The molecular weight excluding hydrogens is 398 g/mol. The first-order valence-corrected chi connectivity index (χ1v) is 10.7. The van der Waals surface area contributed by atoms with Gasteiger partial charge in [0, 0.05) is 23.7 Å². The quantitative estimate of drug-likeness (QED) is 0.431. The molecule has 162 valence electrons. The number of carbonyl (C=O) groups excluding carboxylic acids is 1. The van der Waals surface area contributed by atoms with Crippen molar-refractivity contribution in [2.24, 2.45) is 0 Å². The van der Waals surface area contributed by atoms with Gasteiger partial charge in [0.05, 0.1) is 29.0 Å². The highest BCUT2D eigenvalue weighted by molar-refractivity contribution is 6.10. The lowest BCUT2D eigenvalue weighted by Crippen LogP contribution is -2.20. The number of pyridine rings is 2. The van der Waals surface area contributed by atoms with Crippen LogP contribution in [-0.4, -0.2) is 34.3 Å². The smallest absolute Gasteiger partial charge is 0.200 e. The van der Waals surface area contributed by atoms with E-state index in [1.54, 1.807) is 18.3 Å². The van der Waals surface area contributed by atoms with E-state index in [-0.39, 0.29) is 16.8 Å². The Kier molecular flexibility index (Phi) is 6.01. The molecule has 0 N–H and O–H groups in total.